The molecule has 1 fully saturated rings. The van der Waals surface area contributed by atoms with Gasteiger partial charge in [0, 0.05) is 19.6 Å². The van der Waals surface area contributed by atoms with Crippen LogP contribution in [0.5, 0.6) is 0 Å². The molecule has 2 heteroatoms. The monoisotopic (exact) mass is 433 g/mol. The Kier molecular flexibility index (Phi) is 21.5. The van der Waals surface area contributed by atoms with Crippen LogP contribution in [0.2, 0.25) is 0 Å². The number of allylic oxidation sites excluding steroid dienone is 2. The molecule has 31 heavy (non-hydrogen) atoms. The lowest BCUT2D eigenvalue weighted by Crippen LogP contribution is -2.35. The lowest BCUT2D eigenvalue weighted by Gasteiger charge is -2.26. The molecule has 0 amide bonds. The van der Waals surface area contributed by atoms with Gasteiger partial charge in [-0.2, -0.15) is 0 Å². The lowest BCUT2D eigenvalue weighted by atomic mass is 9.96. The number of ether oxygens (including phenoxy) is 1. The van der Waals surface area contributed by atoms with Crippen molar-refractivity contribution in [3.8, 4) is 0 Å². The van der Waals surface area contributed by atoms with Crippen molar-refractivity contribution in [3.05, 3.63) is 47.5 Å². The van der Waals surface area contributed by atoms with E-state index in [9.17, 15) is 0 Å². The third-order valence-electron chi connectivity index (χ3n) is 5.30. The van der Waals surface area contributed by atoms with Crippen LogP contribution < -0.4 is 0 Å². The number of rotatable bonds is 6. The van der Waals surface area contributed by atoms with Crippen molar-refractivity contribution in [3.63, 3.8) is 0 Å². The SMILES string of the molecule is CC.CC(C)/C=C\C(C)C(C)C.CCC(C)C.Cc1ccc(CN2CCOCC2)cc1. The van der Waals surface area contributed by atoms with Crippen molar-refractivity contribution >= 4 is 0 Å². The van der Waals surface area contributed by atoms with Crippen molar-refractivity contribution in [1.82, 2.24) is 4.90 Å². The standard InChI is InChI=1S/C12H17NO.C10H20.C5H12.C2H6/c1-11-2-4-12(5-3-11)10-13-6-8-14-9-7-13;1-8(2)6-7-10(5)9(3)4;1-4-5(2)3;1-2/h2-5H,6-10H2,1H3;6-10H,1-5H3;5H,4H2,1-3H3;1-2H3/b;7-6-;;. The highest BCUT2D eigenvalue weighted by Gasteiger charge is 2.09. The Bertz CT molecular complexity index is 510. The minimum Gasteiger partial charge on any atom is -0.379 e. The first-order chi connectivity index (χ1) is 14.6. The van der Waals surface area contributed by atoms with Crippen molar-refractivity contribution in [1.29, 1.82) is 0 Å². The molecule has 0 aromatic heterocycles. The van der Waals surface area contributed by atoms with E-state index in [1.807, 2.05) is 13.8 Å². The first kappa shape index (κ1) is 32.1. The number of nitrogens with zero attached hydrogens (tertiary/aromatic N) is 1. The maximum absolute atomic E-state index is 5.31. The third kappa shape index (κ3) is 20.5. The van der Waals surface area contributed by atoms with Crippen LogP contribution >= 0.6 is 0 Å². The normalized spacial score (nSPS) is 15.0. The highest BCUT2D eigenvalue weighted by molar-refractivity contribution is 5.21. The quantitative estimate of drug-likeness (QED) is 0.417. The number of hydrogen-bond donors (Lipinski definition) is 0. The van der Waals surface area contributed by atoms with Gasteiger partial charge in [-0.25, -0.2) is 0 Å². The van der Waals surface area contributed by atoms with Gasteiger partial charge in [0.2, 0.25) is 0 Å². The first-order valence-electron chi connectivity index (χ1n) is 12.7. The van der Waals surface area contributed by atoms with Crippen LogP contribution in [0.3, 0.4) is 0 Å². The highest BCUT2D eigenvalue weighted by Crippen LogP contribution is 2.12. The van der Waals surface area contributed by atoms with Crippen LogP contribution in [0.4, 0.5) is 0 Å². The Morgan fingerprint density at radius 2 is 1.35 bits per heavy atom. The summed E-state index contributed by atoms with van der Waals surface area (Å²) in [6.07, 6.45) is 5.90. The van der Waals surface area contributed by atoms with Crippen LogP contribution in [0.15, 0.2) is 36.4 Å². The van der Waals surface area contributed by atoms with E-state index in [0.717, 1.165) is 50.6 Å². The highest BCUT2D eigenvalue weighted by atomic mass is 16.5. The van der Waals surface area contributed by atoms with E-state index >= 15 is 0 Å². The molecule has 0 N–H and O–H groups in total. The van der Waals surface area contributed by atoms with Gasteiger partial charge < -0.3 is 4.74 Å². The summed E-state index contributed by atoms with van der Waals surface area (Å²) < 4.78 is 5.31. The van der Waals surface area contributed by atoms with Crippen molar-refractivity contribution in [2.75, 3.05) is 26.3 Å². The second-order valence-corrected chi connectivity index (χ2v) is 9.41. The minimum atomic E-state index is 0.696. The summed E-state index contributed by atoms with van der Waals surface area (Å²) in [5.41, 5.74) is 2.73. The fourth-order valence-corrected chi connectivity index (χ4v) is 2.33. The van der Waals surface area contributed by atoms with Crippen LogP contribution in [-0.2, 0) is 11.3 Å². The Hall–Kier alpha value is -1.12. The fraction of sp³-hybridized carbons (Fsp3) is 0.724. The summed E-state index contributed by atoms with van der Waals surface area (Å²) in [6, 6.07) is 8.78. The molecule has 1 aliphatic heterocycles. The zero-order valence-corrected chi connectivity index (χ0v) is 22.9. The predicted molar refractivity (Wildman–Crippen MR) is 142 cm³/mol. The van der Waals surface area contributed by atoms with E-state index in [2.05, 4.69) is 104 Å². The second kappa shape index (κ2) is 20.8. The average Bonchev–Trinajstić information content (AvgIpc) is 2.76. The maximum Gasteiger partial charge on any atom is 0.0594 e. The van der Waals surface area contributed by atoms with Crippen molar-refractivity contribution < 1.29 is 4.74 Å². The van der Waals surface area contributed by atoms with E-state index in [0.29, 0.717) is 5.92 Å². The number of benzene rings is 1. The summed E-state index contributed by atoms with van der Waals surface area (Å²) in [5.74, 6) is 3.08. The molecule has 1 saturated heterocycles. The van der Waals surface area contributed by atoms with Gasteiger partial charge in [0.25, 0.3) is 0 Å². The summed E-state index contributed by atoms with van der Waals surface area (Å²) in [6.45, 7) is 28.9. The number of hydrogen-bond acceptors (Lipinski definition) is 2. The maximum atomic E-state index is 5.31. The van der Waals surface area contributed by atoms with E-state index in [1.165, 1.54) is 17.5 Å². The van der Waals surface area contributed by atoms with E-state index in [4.69, 9.17) is 4.74 Å². The molecule has 2 rings (SSSR count). The number of morpholine rings is 1. The summed E-state index contributed by atoms with van der Waals surface area (Å²) in [7, 11) is 0. The van der Waals surface area contributed by atoms with Crippen LogP contribution in [0, 0.1) is 30.6 Å². The molecular weight excluding hydrogens is 378 g/mol. The minimum absolute atomic E-state index is 0.696. The van der Waals surface area contributed by atoms with E-state index < -0.39 is 0 Å². The van der Waals surface area contributed by atoms with Gasteiger partial charge in [0.15, 0.2) is 0 Å². The zero-order valence-electron chi connectivity index (χ0n) is 22.9. The van der Waals surface area contributed by atoms with Crippen LogP contribution in [0.1, 0.15) is 86.8 Å². The lowest BCUT2D eigenvalue weighted by molar-refractivity contribution is 0.0342. The Morgan fingerprint density at radius 3 is 1.74 bits per heavy atom. The molecule has 1 atom stereocenters. The summed E-state index contributed by atoms with van der Waals surface area (Å²) in [5, 5.41) is 0. The van der Waals surface area contributed by atoms with Gasteiger partial charge in [0.1, 0.15) is 0 Å². The first-order valence-corrected chi connectivity index (χ1v) is 12.7. The molecule has 0 aliphatic carbocycles. The Labute approximate surface area is 196 Å². The summed E-state index contributed by atoms with van der Waals surface area (Å²) in [4.78, 5) is 2.44. The summed E-state index contributed by atoms with van der Waals surface area (Å²) >= 11 is 0. The number of aryl methyl sites for hydroxylation is 1. The van der Waals surface area contributed by atoms with Crippen molar-refractivity contribution in [2.45, 2.75) is 89.1 Å². The second-order valence-electron chi connectivity index (χ2n) is 9.41. The largest absolute Gasteiger partial charge is 0.379 e. The fourth-order valence-electron chi connectivity index (χ4n) is 2.33. The molecule has 182 valence electrons. The van der Waals surface area contributed by atoms with Crippen molar-refractivity contribution in [2.24, 2.45) is 23.7 Å². The molecule has 0 bridgehead atoms. The Morgan fingerprint density at radius 1 is 0.871 bits per heavy atom. The molecule has 1 aliphatic rings. The zero-order chi connectivity index (χ0) is 24.2. The van der Waals surface area contributed by atoms with Crippen LogP contribution in [0.25, 0.3) is 0 Å². The van der Waals surface area contributed by atoms with E-state index in [1.54, 1.807) is 0 Å². The molecule has 2 nitrogen and oxygen atoms in total. The molecular formula is C29H55NO. The molecule has 1 unspecified atom stereocenters. The third-order valence-corrected chi connectivity index (χ3v) is 5.30. The van der Waals surface area contributed by atoms with Gasteiger partial charge in [-0.15, -0.1) is 0 Å². The van der Waals surface area contributed by atoms with Gasteiger partial charge in [-0.3, -0.25) is 4.90 Å². The van der Waals surface area contributed by atoms with Gasteiger partial charge in [-0.05, 0) is 36.2 Å². The van der Waals surface area contributed by atoms with Gasteiger partial charge in [-0.1, -0.05) is 118 Å². The van der Waals surface area contributed by atoms with Gasteiger partial charge >= 0.3 is 0 Å². The van der Waals surface area contributed by atoms with Crippen LogP contribution in [-0.4, -0.2) is 31.2 Å². The molecule has 1 aromatic carbocycles. The average molecular weight is 434 g/mol. The van der Waals surface area contributed by atoms with E-state index in [-0.39, 0.29) is 0 Å². The molecule has 0 radical (unpaired) electrons. The smallest absolute Gasteiger partial charge is 0.0594 e. The molecule has 1 heterocycles. The van der Waals surface area contributed by atoms with Gasteiger partial charge in [0.05, 0.1) is 13.2 Å². The molecule has 1 aromatic rings. The molecule has 0 saturated carbocycles. The topological polar surface area (TPSA) is 12.5 Å². The predicted octanol–water partition coefficient (Wildman–Crippen LogP) is 8.40. The molecule has 0 spiro atoms. The Balaban J connectivity index is 0.